The van der Waals surface area contributed by atoms with Crippen molar-refractivity contribution < 1.29 is 6.22 Å². The van der Waals surface area contributed by atoms with Crippen molar-refractivity contribution >= 4 is 5.78 Å². The van der Waals surface area contributed by atoms with E-state index in [0.29, 0.717) is 13.0 Å². The number of carbonyl (C=O) groups excluding carboxylic acids is 1. The Kier molecular flexibility index (Phi) is 13.4. The highest BCUT2D eigenvalue weighted by Gasteiger charge is 1.87. The molecule has 9 heavy (non-hydrogen) atoms. The maximum absolute atomic E-state index is 10.1. The molecule has 0 rings (SSSR count). The molecule has 0 bridgehead atoms. The van der Waals surface area contributed by atoms with Gasteiger partial charge in [0.05, 0.1) is 0 Å². The van der Waals surface area contributed by atoms with E-state index in [9.17, 15) is 4.79 Å². The molecule has 0 aromatic carbocycles. The van der Waals surface area contributed by atoms with Crippen LogP contribution in [0.25, 0.3) is 0 Å². The van der Waals surface area contributed by atoms with Crippen LogP contribution in [0, 0.1) is 0 Å². The second-order valence-corrected chi connectivity index (χ2v) is 1.59. The molecule has 2 N–H and O–H groups in total. The molecule has 0 aromatic rings. The van der Waals surface area contributed by atoms with E-state index in [2.05, 4.69) is 0 Å². The molecule has 0 aliphatic rings. The largest absolute Gasteiger partial charge is 0.330 e. The van der Waals surface area contributed by atoms with Crippen molar-refractivity contribution in [1.29, 1.82) is 0 Å². The molecule has 0 spiro atoms. The number of hydrogen-bond donors (Lipinski definition) is 1. The van der Waals surface area contributed by atoms with E-state index in [1.54, 1.807) is 6.92 Å². The van der Waals surface area contributed by atoms with E-state index in [1.165, 1.54) is 0 Å². The summed E-state index contributed by atoms with van der Waals surface area (Å²) in [4.78, 5) is 10.1. The van der Waals surface area contributed by atoms with Crippen LogP contribution in [0.15, 0.2) is 0 Å². The van der Waals surface area contributed by atoms with Crippen molar-refractivity contribution in [2.75, 3.05) is 6.54 Å². The molecule has 0 saturated carbocycles. The van der Waals surface area contributed by atoms with Gasteiger partial charge in [-0.05, 0) is 19.9 Å². The van der Waals surface area contributed by atoms with E-state index in [-0.39, 0.29) is 7.21 Å². The van der Waals surface area contributed by atoms with E-state index in [4.69, 9.17) is 5.73 Å². The van der Waals surface area contributed by atoms with E-state index in [0.717, 1.165) is 6.42 Å². The molecule has 0 unspecified atom stereocenters. The first-order chi connectivity index (χ1) is 4.27. The van der Waals surface area contributed by atoms with Gasteiger partial charge in [-0.25, -0.2) is 0 Å². The summed E-state index contributed by atoms with van der Waals surface area (Å²) in [5, 5.41) is 0. The van der Waals surface area contributed by atoms with Crippen LogP contribution in [0.3, 0.4) is 0 Å². The van der Waals surface area contributed by atoms with Gasteiger partial charge in [0.1, 0.15) is 5.78 Å². The van der Waals surface area contributed by atoms with Crippen LogP contribution < -0.4 is 5.73 Å². The minimum atomic E-state index is 0. The first kappa shape index (κ1) is 11.4. The molecule has 58 valence electrons. The summed E-state index contributed by atoms with van der Waals surface area (Å²) in [7, 11) is 0. The number of rotatable bonds is 3. The van der Waals surface area contributed by atoms with Crippen LogP contribution in [0.2, 0.25) is 0 Å². The fourth-order valence-electron chi connectivity index (χ4n) is 0.351. The maximum Gasteiger partial charge on any atom is 0.129 e. The highest BCUT2D eigenvalue weighted by Crippen LogP contribution is 1.84. The fourth-order valence-corrected chi connectivity index (χ4v) is 0.351. The number of Topliss-reactive ketones (excluding diaryl/α,β-unsaturated/α-hetero) is 1. The predicted molar refractivity (Wildman–Crippen MR) is 42.4 cm³/mol. The summed E-state index contributed by atoms with van der Waals surface area (Å²) >= 11 is 0. The monoisotopic (exact) mass is 133 g/mol. The second-order valence-electron chi connectivity index (χ2n) is 1.59. The lowest BCUT2D eigenvalue weighted by Gasteiger charge is -1.87. The number of hydrogen-bond acceptors (Lipinski definition) is 2. The fraction of sp³-hybridized carbons (Fsp3) is 0.857. The van der Waals surface area contributed by atoms with E-state index >= 15 is 0 Å². The van der Waals surface area contributed by atoms with Crippen molar-refractivity contribution in [3.05, 3.63) is 0 Å². The molecule has 0 aromatic heterocycles. The first-order valence-corrected chi connectivity index (χ1v) is 3.47. The minimum Gasteiger partial charge on any atom is -0.330 e. The quantitative estimate of drug-likeness (QED) is 0.635. The third-order valence-electron chi connectivity index (χ3n) is 0.733. The average Bonchev–Trinajstić information content (AvgIpc) is 1.88. The van der Waals surface area contributed by atoms with Crippen LogP contribution in [-0.2, 0) is 4.79 Å². The predicted octanol–water partition coefficient (Wildman–Crippen LogP) is 1.59. The molecule has 2 heteroatoms. The average molecular weight is 133 g/mol. The molecule has 0 atom stereocenters. The zero-order valence-corrected chi connectivity index (χ0v) is 6.61. The van der Waals surface area contributed by atoms with Gasteiger partial charge < -0.3 is 10.5 Å². The Balaban J connectivity index is -0.000000149. The first-order valence-electron chi connectivity index (χ1n) is 3.47. The van der Waals surface area contributed by atoms with Crippen molar-refractivity contribution in [3.63, 3.8) is 0 Å². The molecule has 0 aliphatic heterocycles. The molecule has 0 fully saturated rings. The Morgan fingerprint density at radius 3 is 2.11 bits per heavy atom. The maximum atomic E-state index is 10.1. The van der Waals surface area contributed by atoms with Crippen LogP contribution >= 0.6 is 0 Å². The third-order valence-corrected chi connectivity index (χ3v) is 0.733. The van der Waals surface area contributed by atoms with Crippen molar-refractivity contribution in [3.8, 4) is 0 Å². The molecule has 0 heterocycles. The molecule has 0 amide bonds. The molecule has 2 nitrogen and oxygen atoms in total. The number of nitrogens with two attached hydrogens (primary N) is 1. The van der Waals surface area contributed by atoms with Gasteiger partial charge in [0.2, 0.25) is 0 Å². The van der Waals surface area contributed by atoms with Crippen molar-refractivity contribution in [2.24, 2.45) is 5.73 Å². The molecular weight excluding hydrogens is 114 g/mol. The van der Waals surface area contributed by atoms with Gasteiger partial charge in [0, 0.05) is 7.85 Å². The summed E-state index contributed by atoms with van der Waals surface area (Å²) < 4.78 is 0. The Labute approximate surface area is 58.9 Å². The standard InChI is InChI=1S/C5H11NO.C2H6.H2/c1-5(7)3-2-4-6;1-2;/h2-4,6H2,1H3;1-2H3;1H. The summed E-state index contributed by atoms with van der Waals surface area (Å²) in [6.45, 7) is 6.20. The minimum absolute atomic E-state index is 0. The van der Waals surface area contributed by atoms with Crippen LogP contribution in [0.1, 0.15) is 35.0 Å². The highest BCUT2D eigenvalue weighted by atomic mass is 16.1. The normalized spacial score (nSPS) is 7.56. The lowest BCUT2D eigenvalue weighted by atomic mass is 10.2. The van der Waals surface area contributed by atoms with Gasteiger partial charge in [-0.2, -0.15) is 0 Å². The van der Waals surface area contributed by atoms with Gasteiger partial charge >= 0.3 is 0 Å². The van der Waals surface area contributed by atoms with Crippen molar-refractivity contribution in [1.82, 2.24) is 0 Å². The Morgan fingerprint density at radius 2 is 2.00 bits per heavy atom. The van der Waals surface area contributed by atoms with Gasteiger partial charge in [-0.3, -0.25) is 0 Å². The van der Waals surface area contributed by atoms with Gasteiger partial charge in [-0.15, -0.1) is 0 Å². The van der Waals surface area contributed by atoms with Crippen LogP contribution in [0.5, 0.6) is 0 Å². The summed E-state index contributed by atoms with van der Waals surface area (Å²) in [5.74, 6) is 0.227. The topological polar surface area (TPSA) is 43.1 Å². The van der Waals surface area contributed by atoms with E-state index in [1.807, 2.05) is 13.8 Å². The SMILES string of the molecule is CC.CC(=O)CCCN.[HH]. The summed E-state index contributed by atoms with van der Waals surface area (Å²) in [6.07, 6.45) is 1.46. The lowest BCUT2D eigenvalue weighted by molar-refractivity contribution is -0.117. The van der Waals surface area contributed by atoms with Crippen LogP contribution in [-0.4, -0.2) is 12.3 Å². The molecule has 0 saturated heterocycles. The zero-order valence-electron chi connectivity index (χ0n) is 6.61. The zero-order chi connectivity index (χ0) is 7.70. The smallest absolute Gasteiger partial charge is 0.129 e. The number of carbonyl (C=O) groups is 1. The Morgan fingerprint density at radius 1 is 1.56 bits per heavy atom. The highest BCUT2D eigenvalue weighted by molar-refractivity contribution is 5.75. The van der Waals surface area contributed by atoms with Gasteiger partial charge in [0.15, 0.2) is 0 Å². The third kappa shape index (κ3) is 18.4. The molecule has 0 radical (unpaired) electrons. The Hall–Kier alpha value is -0.370. The Bertz CT molecular complexity index is 66.6. The summed E-state index contributed by atoms with van der Waals surface area (Å²) in [6, 6.07) is 0. The molecular formula is C7H19NO. The summed E-state index contributed by atoms with van der Waals surface area (Å²) in [5.41, 5.74) is 5.12. The van der Waals surface area contributed by atoms with Crippen molar-refractivity contribution in [2.45, 2.75) is 33.6 Å². The second kappa shape index (κ2) is 10.6. The van der Waals surface area contributed by atoms with Crippen LogP contribution in [0.4, 0.5) is 0 Å². The van der Waals surface area contributed by atoms with Gasteiger partial charge in [-0.1, -0.05) is 13.8 Å². The molecule has 0 aliphatic carbocycles. The number of ketones is 1. The lowest BCUT2D eigenvalue weighted by Crippen LogP contribution is -2.00. The van der Waals surface area contributed by atoms with Gasteiger partial charge in [0.25, 0.3) is 0 Å². The van der Waals surface area contributed by atoms with E-state index < -0.39 is 0 Å².